The van der Waals surface area contributed by atoms with Gasteiger partial charge in [0.2, 0.25) is 0 Å². The van der Waals surface area contributed by atoms with E-state index in [1.54, 1.807) is 0 Å². The lowest BCUT2D eigenvalue weighted by Gasteiger charge is -1.97. The van der Waals surface area contributed by atoms with Crippen molar-refractivity contribution in [3.05, 3.63) is 4.91 Å². The molecule has 0 aromatic carbocycles. The highest BCUT2D eigenvalue weighted by Crippen LogP contribution is 1.72. The van der Waals surface area contributed by atoms with Crippen molar-refractivity contribution < 1.29 is 0 Å². The number of hydrogen-bond acceptors (Lipinski definition) is 4. The van der Waals surface area contributed by atoms with E-state index in [4.69, 9.17) is 11.5 Å². The average molecular weight is 103 g/mol. The normalized spacial score (nSPS) is 13.4. The van der Waals surface area contributed by atoms with Crippen LogP contribution < -0.4 is 11.5 Å². The summed E-state index contributed by atoms with van der Waals surface area (Å²) in [5.74, 6) is 0. The van der Waals surface area contributed by atoms with Gasteiger partial charge in [0.05, 0.1) is 6.54 Å². The maximum atomic E-state index is 9.39. The molecule has 1 unspecified atom stereocenters. The molecule has 4 heteroatoms. The Kier molecular flexibility index (Phi) is 3.45. The van der Waals surface area contributed by atoms with Crippen LogP contribution in [0.25, 0.3) is 0 Å². The van der Waals surface area contributed by atoms with Crippen molar-refractivity contribution in [2.45, 2.75) is 6.04 Å². The molecule has 4 N–H and O–H groups in total. The lowest BCUT2D eigenvalue weighted by molar-refractivity contribution is 0.691. The average Bonchev–Trinajstić information content (AvgIpc) is 1.68. The van der Waals surface area contributed by atoms with Crippen LogP contribution in [0.2, 0.25) is 0 Å². The highest BCUT2D eigenvalue weighted by atomic mass is 16.3. The van der Waals surface area contributed by atoms with Crippen LogP contribution in [0.4, 0.5) is 0 Å². The van der Waals surface area contributed by atoms with Gasteiger partial charge in [-0.3, -0.25) is 0 Å². The fourth-order valence-corrected chi connectivity index (χ4v) is 0.170. The molecule has 0 aliphatic heterocycles. The lowest BCUT2D eigenvalue weighted by atomic mass is 10.3. The number of nitroso groups, excluding NO2 is 1. The van der Waals surface area contributed by atoms with Crippen molar-refractivity contribution in [1.29, 1.82) is 0 Å². The van der Waals surface area contributed by atoms with E-state index in [9.17, 15) is 4.91 Å². The third kappa shape index (κ3) is 3.35. The first-order valence-corrected chi connectivity index (χ1v) is 2.06. The summed E-state index contributed by atoms with van der Waals surface area (Å²) < 4.78 is 0. The quantitative estimate of drug-likeness (QED) is 0.451. The Morgan fingerprint density at radius 2 is 2.29 bits per heavy atom. The molecular weight excluding hydrogens is 94.1 g/mol. The van der Waals surface area contributed by atoms with Crippen LogP contribution in [0.3, 0.4) is 0 Å². The van der Waals surface area contributed by atoms with Crippen molar-refractivity contribution in [2.75, 3.05) is 13.1 Å². The molecule has 0 rings (SSSR count). The molecule has 42 valence electrons. The first kappa shape index (κ1) is 6.52. The maximum Gasteiger partial charge on any atom is 0.0974 e. The molecule has 0 bridgehead atoms. The second-order valence-corrected chi connectivity index (χ2v) is 1.31. The van der Waals surface area contributed by atoms with Crippen LogP contribution in [0.1, 0.15) is 0 Å². The minimum Gasteiger partial charge on any atom is -0.329 e. The first-order chi connectivity index (χ1) is 3.31. The fourth-order valence-electron chi connectivity index (χ4n) is 0.170. The molecule has 0 heterocycles. The number of rotatable bonds is 3. The predicted octanol–water partition coefficient (Wildman–Crippen LogP) is -0.961. The maximum absolute atomic E-state index is 9.39. The molecule has 0 aromatic rings. The topological polar surface area (TPSA) is 81.5 Å². The van der Waals surface area contributed by atoms with Gasteiger partial charge >= 0.3 is 0 Å². The molecule has 0 fully saturated rings. The summed E-state index contributed by atoms with van der Waals surface area (Å²) in [6.45, 7) is 0.447. The second-order valence-electron chi connectivity index (χ2n) is 1.31. The van der Waals surface area contributed by atoms with Gasteiger partial charge < -0.3 is 11.5 Å². The molecular formula is C3H9N3O. The summed E-state index contributed by atoms with van der Waals surface area (Å²) in [7, 11) is 0. The Hall–Kier alpha value is -0.480. The molecule has 0 saturated heterocycles. The summed E-state index contributed by atoms with van der Waals surface area (Å²) >= 11 is 0. The van der Waals surface area contributed by atoms with Gasteiger partial charge in [0, 0.05) is 12.6 Å². The third-order valence-electron chi connectivity index (χ3n) is 0.612. The van der Waals surface area contributed by atoms with Gasteiger partial charge in [-0.1, -0.05) is 5.18 Å². The van der Waals surface area contributed by atoms with Crippen LogP contribution in [0.5, 0.6) is 0 Å². The van der Waals surface area contributed by atoms with E-state index in [-0.39, 0.29) is 12.6 Å². The highest BCUT2D eigenvalue weighted by Gasteiger charge is 1.94. The predicted molar refractivity (Wildman–Crippen MR) is 27.7 cm³/mol. The van der Waals surface area contributed by atoms with E-state index >= 15 is 0 Å². The summed E-state index contributed by atoms with van der Waals surface area (Å²) in [4.78, 5) is 9.39. The Bertz CT molecular complexity index is 56.1. The molecule has 0 aromatic heterocycles. The van der Waals surface area contributed by atoms with E-state index < -0.39 is 0 Å². The highest BCUT2D eigenvalue weighted by molar-refractivity contribution is 4.62. The van der Waals surface area contributed by atoms with Crippen molar-refractivity contribution in [3.8, 4) is 0 Å². The van der Waals surface area contributed by atoms with Crippen LogP contribution in [-0.4, -0.2) is 19.1 Å². The smallest absolute Gasteiger partial charge is 0.0974 e. The van der Waals surface area contributed by atoms with Crippen molar-refractivity contribution in [1.82, 2.24) is 0 Å². The molecule has 4 nitrogen and oxygen atoms in total. The molecule has 0 amide bonds. The Morgan fingerprint density at radius 1 is 1.71 bits per heavy atom. The molecule has 1 atom stereocenters. The Balaban J connectivity index is 2.98. The molecule has 0 aliphatic rings. The summed E-state index contributed by atoms with van der Waals surface area (Å²) in [6.07, 6.45) is 0. The summed E-state index contributed by atoms with van der Waals surface area (Å²) in [5, 5.41) is 2.55. The standard InChI is InChI=1S/C3H9N3O/c4-1-3(5)2-6-7/h3H,1-2,4-5H2. The van der Waals surface area contributed by atoms with E-state index in [0.717, 1.165) is 0 Å². The zero-order chi connectivity index (χ0) is 5.70. The Labute approximate surface area is 41.8 Å². The molecule has 0 saturated carbocycles. The summed E-state index contributed by atoms with van der Waals surface area (Å²) in [6, 6.07) is -0.252. The first-order valence-electron chi connectivity index (χ1n) is 2.06. The third-order valence-corrected chi connectivity index (χ3v) is 0.612. The second kappa shape index (κ2) is 3.70. The zero-order valence-corrected chi connectivity index (χ0v) is 4.00. The monoisotopic (exact) mass is 103 g/mol. The fraction of sp³-hybridized carbons (Fsp3) is 1.00. The Morgan fingerprint density at radius 3 is 2.43 bits per heavy atom. The van der Waals surface area contributed by atoms with E-state index in [1.807, 2.05) is 0 Å². The van der Waals surface area contributed by atoms with Crippen LogP contribution in [0.15, 0.2) is 5.18 Å². The number of hydrogen-bond donors (Lipinski definition) is 2. The van der Waals surface area contributed by atoms with Gasteiger partial charge in [0.15, 0.2) is 0 Å². The number of nitrogens with zero attached hydrogens (tertiary/aromatic N) is 1. The molecule has 0 spiro atoms. The lowest BCUT2D eigenvalue weighted by Crippen LogP contribution is -2.32. The summed E-state index contributed by atoms with van der Waals surface area (Å²) in [5.41, 5.74) is 10.2. The molecule has 0 radical (unpaired) electrons. The minimum atomic E-state index is -0.252. The van der Waals surface area contributed by atoms with E-state index in [2.05, 4.69) is 5.18 Å². The van der Waals surface area contributed by atoms with Gasteiger partial charge in [0.25, 0.3) is 0 Å². The molecule has 0 aliphatic carbocycles. The minimum absolute atomic E-state index is 0.122. The van der Waals surface area contributed by atoms with Gasteiger partial charge in [-0.25, -0.2) is 0 Å². The van der Waals surface area contributed by atoms with Crippen molar-refractivity contribution in [2.24, 2.45) is 16.6 Å². The van der Waals surface area contributed by atoms with Gasteiger partial charge in [-0.05, 0) is 0 Å². The van der Waals surface area contributed by atoms with Gasteiger partial charge in [0.1, 0.15) is 0 Å². The van der Waals surface area contributed by atoms with Crippen LogP contribution in [-0.2, 0) is 0 Å². The van der Waals surface area contributed by atoms with Crippen molar-refractivity contribution >= 4 is 0 Å². The van der Waals surface area contributed by atoms with E-state index in [0.29, 0.717) is 6.54 Å². The van der Waals surface area contributed by atoms with Crippen LogP contribution in [0, 0.1) is 4.91 Å². The van der Waals surface area contributed by atoms with Gasteiger partial charge in [-0.2, -0.15) is 4.91 Å². The van der Waals surface area contributed by atoms with Crippen molar-refractivity contribution in [3.63, 3.8) is 0 Å². The largest absolute Gasteiger partial charge is 0.329 e. The SMILES string of the molecule is NCC(N)CN=O. The van der Waals surface area contributed by atoms with Gasteiger partial charge in [-0.15, -0.1) is 0 Å². The molecule has 7 heavy (non-hydrogen) atoms. The van der Waals surface area contributed by atoms with Crippen LogP contribution >= 0.6 is 0 Å². The van der Waals surface area contributed by atoms with E-state index in [1.165, 1.54) is 0 Å². The number of nitrogens with two attached hydrogens (primary N) is 2. The zero-order valence-electron chi connectivity index (χ0n) is 4.00.